The molecule has 2 atom stereocenters. The second kappa shape index (κ2) is 5.80. The zero-order valence-corrected chi connectivity index (χ0v) is 12.7. The summed E-state index contributed by atoms with van der Waals surface area (Å²) in [5.74, 6) is 0.817. The number of hydrogen-bond donors (Lipinski definition) is 0. The molecule has 3 rings (SSSR count). The molecule has 1 saturated heterocycles. The number of rotatable bonds is 3. The van der Waals surface area contributed by atoms with Crippen molar-refractivity contribution >= 4 is 11.8 Å². The van der Waals surface area contributed by atoms with Gasteiger partial charge >= 0.3 is 0 Å². The Bertz CT molecular complexity index is 447. The van der Waals surface area contributed by atoms with Gasteiger partial charge in [0.15, 0.2) is 5.16 Å². The lowest BCUT2D eigenvalue weighted by atomic mass is 9.77. The molecule has 0 amide bonds. The highest BCUT2D eigenvalue weighted by Gasteiger charge is 2.35. The third kappa shape index (κ3) is 2.65. The molecule has 1 aliphatic carbocycles. The molecule has 3 nitrogen and oxygen atoms in total. The van der Waals surface area contributed by atoms with Crippen molar-refractivity contribution in [2.45, 2.75) is 50.2 Å². The van der Waals surface area contributed by atoms with E-state index in [-0.39, 0.29) is 0 Å². The van der Waals surface area contributed by atoms with Crippen molar-refractivity contribution in [1.82, 2.24) is 14.9 Å². The fourth-order valence-corrected chi connectivity index (χ4v) is 4.01. The Hall–Kier alpha value is -0.610. The maximum Gasteiger partial charge on any atom is 0.187 e. The number of hydrogen-bond acceptors (Lipinski definition) is 4. The summed E-state index contributed by atoms with van der Waals surface area (Å²) < 4.78 is 0. The van der Waals surface area contributed by atoms with Gasteiger partial charge in [-0.2, -0.15) is 0 Å². The zero-order valence-electron chi connectivity index (χ0n) is 11.9. The molecule has 0 N–H and O–H groups in total. The molecule has 104 valence electrons. The molecule has 4 heteroatoms. The van der Waals surface area contributed by atoms with Gasteiger partial charge in [-0.25, -0.2) is 9.97 Å². The Morgan fingerprint density at radius 2 is 2.32 bits per heavy atom. The second-order valence-electron chi connectivity index (χ2n) is 5.74. The predicted molar refractivity (Wildman–Crippen MR) is 79.6 cm³/mol. The van der Waals surface area contributed by atoms with Crippen LogP contribution in [0, 0.1) is 5.92 Å². The SMILES string of the molecule is CCCN1CCC[C@H]2Cc3nc(SC)ncc3C[C@@H]21. The lowest BCUT2D eigenvalue weighted by Crippen LogP contribution is -2.49. The Morgan fingerprint density at radius 1 is 1.42 bits per heavy atom. The molecule has 0 radical (unpaired) electrons. The number of nitrogens with zero attached hydrogens (tertiary/aromatic N) is 3. The number of likely N-dealkylation sites (tertiary alicyclic amines) is 1. The van der Waals surface area contributed by atoms with E-state index in [1.54, 1.807) is 11.8 Å². The molecule has 0 unspecified atom stereocenters. The lowest BCUT2D eigenvalue weighted by Gasteiger charge is -2.44. The lowest BCUT2D eigenvalue weighted by molar-refractivity contribution is 0.0842. The van der Waals surface area contributed by atoms with Crippen molar-refractivity contribution in [3.63, 3.8) is 0 Å². The Balaban J connectivity index is 1.84. The fourth-order valence-electron chi connectivity index (χ4n) is 3.65. The van der Waals surface area contributed by atoms with Gasteiger partial charge in [0.1, 0.15) is 0 Å². The van der Waals surface area contributed by atoms with Crippen molar-refractivity contribution in [3.05, 3.63) is 17.5 Å². The highest BCUT2D eigenvalue weighted by atomic mass is 32.2. The summed E-state index contributed by atoms with van der Waals surface area (Å²) in [5.41, 5.74) is 2.71. The van der Waals surface area contributed by atoms with Crippen LogP contribution < -0.4 is 0 Å². The van der Waals surface area contributed by atoms with Crippen molar-refractivity contribution < 1.29 is 0 Å². The van der Waals surface area contributed by atoms with E-state index >= 15 is 0 Å². The first-order chi connectivity index (χ1) is 9.31. The van der Waals surface area contributed by atoms with E-state index in [0.29, 0.717) is 0 Å². The summed E-state index contributed by atoms with van der Waals surface area (Å²) >= 11 is 1.65. The average molecular weight is 277 g/mol. The number of thioether (sulfide) groups is 1. The Morgan fingerprint density at radius 3 is 3.11 bits per heavy atom. The number of fused-ring (bicyclic) bond motifs is 2. The number of aromatic nitrogens is 2. The average Bonchev–Trinajstić information content (AvgIpc) is 2.45. The molecule has 1 fully saturated rings. The first-order valence-electron chi connectivity index (χ1n) is 7.44. The predicted octanol–water partition coefficient (Wildman–Crippen LogP) is 2.79. The van der Waals surface area contributed by atoms with E-state index < -0.39 is 0 Å². The summed E-state index contributed by atoms with van der Waals surface area (Å²) in [6.45, 7) is 4.82. The van der Waals surface area contributed by atoms with Crippen LogP contribution in [0.5, 0.6) is 0 Å². The van der Waals surface area contributed by atoms with Crippen LogP contribution in [0.4, 0.5) is 0 Å². The van der Waals surface area contributed by atoms with Gasteiger partial charge in [0.05, 0.1) is 0 Å². The molecular weight excluding hydrogens is 254 g/mol. The summed E-state index contributed by atoms with van der Waals surface area (Å²) in [6, 6.07) is 0.741. The van der Waals surface area contributed by atoms with Crippen LogP contribution in [0.15, 0.2) is 11.4 Å². The van der Waals surface area contributed by atoms with Crippen molar-refractivity contribution in [2.75, 3.05) is 19.3 Å². The fraction of sp³-hybridized carbons (Fsp3) is 0.733. The van der Waals surface area contributed by atoms with Gasteiger partial charge in [-0.3, -0.25) is 4.90 Å². The van der Waals surface area contributed by atoms with Gasteiger partial charge in [-0.15, -0.1) is 0 Å². The summed E-state index contributed by atoms with van der Waals surface area (Å²) in [5, 5.41) is 0.929. The first-order valence-corrected chi connectivity index (χ1v) is 8.67. The summed E-state index contributed by atoms with van der Waals surface area (Å²) in [6.07, 6.45) is 10.4. The normalized spacial score (nSPS) is 26.8. The van der Waals surface area contributed by atoms with Crippen LogP contribution in [0.1, 0.15) is 37.4 Å². The smallest absolute Gasteiger partial charge is 0.187 e. The van der Waals surface area contributed by atoms with Crippen LogP contribution in [0.3, 0.4) is 0 Å². The van der Waals surface area contributed by atoms with Crippen LogP contribution in [-0.4, -0.2) is 40.3 Å². The van der Waals surface area contributed by atoms with Gasteiger partial charge in [0.2, 0.25) is 0 Å². The molecule has 0 bridgehead atoms. The van der Waals surface area contributed by atoms with Gasteiger partial charge < -0.3 is 0 Å². The Labute approximate surface area is 120 Å². The Kier molecular flexibility index (Phi) is 4.08. The molecule has 2 aliphatic rings. The summed E-state index contributed by atoms with van der Waals surface area (Å²) in [4.78, 5) is 11.9. The van der Waals surface area contributed by atoms with E-state index in [1.165, 1.54) is 43.6 Å². The van der Waals surface area contributed by atoms with E-state index in [4.69, 9.17) is 4.98 Å². The molecule has 1 aliphatic heterocycles. The molecule has 0 aromatic carbocycles. The van der Waals surface area contributed by atoms with Crippen molar-refractivity contribution in [3.8, 4) is 0 Å². The highest BCUT2D eigenvalue weighted by Crippen LogP contribution is 2.34. The second-order valence-corrected chi connectivity index (χ2v) is 6.52. The maximum atomic E-state index is 4.73. The van der Waals surface area contributed by atoms with E-state index in [9.17, 15) is 0 Å². The first kappa shape index (κ1) is 13.4. The molecule has 1 aromatic rings. The van der Waals surface area contributed by atoms with Crippen LogP contribution in [0.25, 0.3) is 0 Å². The summed E-state index contributed by atoms with van der Waals surface area (Å²) in [7, 11) is 0. The van der Waals surface area contributed by atoms with Crippen LogP contribution >= 0.6 is 11.8 Å². The van der Waals surface area contributed by atoms with Crippen molar-refractivity contribution in [2.24, 2.45) is 5.92 Å². The minimum atomic E-state index is 0.741. The van der Waals surface area contributed by atoms with Gasteiger partial charge in [0.25, 0.3) is 0 Å². The zero-order chi connectivity index (χ0) is 13.2. The largest absolute Gasteiger partial charge is 0.300 e. The standard InChI is InChI=1S/C15H23N3S/c1-3-6-18-7-4-5-11-8-13-12(9-14(11)18)10-16-15(17-13)19-2/h10-11,14H,3-9H2,1-2H3/t11-,14-/m0/s1. The van der Waals surface area contributed by atoms with Crippen molar-refractivity contribution in [1.29, 1.82) is 0 Å². The van der Waals surface area contributed by atoms with Gasteiger partial charge in [-0.05, 0) is 62.9 Å². The monoisotopic (exact) mass is 277 g/mol. The molecule has 19 heavy (non-hydrogen) atoms. The highest BCUT2D eigenvalue weighted by molar-refractivity contribution is 7.98. The molecule has 0 saturated carbocycles. The number of piperidine rings is 1. The maximum absolute atomic E-state index is 4.73. The van der Waals surface area contributed by atoms with E-state index in [2.05, 4.69) is 29.3 Å². The van der Waals surface area contributed by atoms with Crippen LogP contribution in [-0.2, 0) is 12.8 Å². The van der Waals surface area contributed by atoms with Gasteiger partial charge in [-0.1, -0.05) is 18.7 Å². The van der Waals surface area contributed by atoms with E-state index in [0.717, 1.165) is 30.0 Å². The molecule has 1 aromatic heterocycles. The topological polar surface area (TPSA) is 29.0 Å². The molecular formula is C15H23N3S. The van der Waals surface area contributed by atoms with Crippen LogP contribution in [0.2, 0.25) is 0 Å². The molecule has 2 heterocycles. The minimum Gasteiger partial charge on any atom is -0.300 e. The van der Waals surface area contributed by atoms with Gasteiger partial charge in [0, 0.05) is 17.9 Å². The minimum absolute atomic E-state index is 0.741. The molecule has 0 spiro atoms. The third-order valence-corrected chi connectivity index (χ3v) is 5.11. The quantitative estimate of drug-likeness (QED) is 0.627. The third-order valence-electron chi connectivity index (χ3n) is 4.54. The van der Waals surface area contributed by atoms with E-state index in [1.807, 2.05) is 0 Å².